The summed E-state index contributed by atoms with van der Waals surface area (Å²) in [5.41, 5.74) is 0. The number of nitrogens with one attached hydrogen (secondary N) is 2. The molecule has 0 atom stereocenters. The molecule has 0 aromatic rings. The fourth-order valence-corrected chi connectivity index (χ4v) is 1.37. The van der Waals surface area contributed by atoms with Crippen molar-refractivity contribution in [3.63, 3.8) is 0 Å². The van der Waals surface area contributed by atoms with Crippen molar-refractivity contribution in [2.24, 2.45) is 0 Å². The highest BCUT2D eigenvalue weighted by Gasteiger charge is 1.99. The molecule has 0 aliphatic heterocycles. The highest BCUT2D eigenvalue weighted by Crippen LogP contribution is 1.54. The van der Waals surface area contributed by atoms with Gasteiger partial charge in [0.25, 0.3) is 0 Å². The third kappa shape index (κ3) is 6.01. The van der Waals surface area contributed by atoms with Crippen molar-refractivity contribution in [2.45, 2.75) is 27.7 Å². The average Bonchev–Trinajstić information content (AvgIpc) is 2.24. The van der Waals surface area contributed by atoms with E-state index < -0.39 is 0 Å². The second kappa shape index (κ2) is 9.05. The molecule has 0 bridgehead atoms. The summed E-state index contributed by atoms with van der Waals surface area (Å²) in [7, 11) is 0. The van der Waals surface area contributed by atoms with E-state index in [1.54, 1.807) is 9.80 Å². The lowest BCUT2D eigenvalue weighted by atomic mass is 10.4. The fourth-order valence-electron chi connectivity index (χ4n) is 1.37. The Kier molecular flexibility index (Phi) is 8.72. The molecule has 0 aromatic carbocycles. The number of quaternary nitrogens is 2. The predicted molar refractivity (Wildman–Crippen MR) is 61.6 cm³/mol. The first-order chi connectivity index (χ1) is 6.78. The zero-order chi connectivity index (χ0) is 10.8. The van der Waals surface area contributed by atoms with Crippen LogP contribution < -0.4 is 9.80 Å². The maximum Gasteiger partial charge on any atom is 0.139 e. The van der Waals surface area contributed by atoms with Crippen LogP contribution in [0.2, 0.25) is 0 Å². The lowest BCUT2D eigenvalue weighted by Crippen LogP contribution is -3.11. The van der Waals surface area contributed by atoms with Gasteiger partial charge in [0.05, 0.1) is 26.2 Å². The minimum atomic E-state index is 1.01. The van der Waals surface area contributed by atoms with Crippen molar-refractivity contribution in [2.75, 3.05) is 39.3 Å². The Morgan fingerprint density at radius 1 is 0.643 bits per heavy atom. The van der Waals surface area contributed by atoms with Crippen LogP contribution in [0, 0.1) is 11.8 Å². The van der Waals surface area contributed by atoms with Crippen molar-refractivity contribution in [3.05, 3.63) is 0 Å². The van der Waals surface area contributed by atoms with Gasteiger partial charge in [-0.3, -0.25) is 0 Å². The van der Waals surface area contributed by atoms with Crippen molar-refractivity contribution in [1.82, 2.24) is 0 Å². The summed E-state index contributed by atoms with van der Waals surface area (Å²) in [4.78, 5) is 3.15. The molecule has 0 aliphatic carbocycles. The molecular formula is C12H26N2+2. The Balaban J connectivity index is 3.70. The first kappa shape index (κ1) is 13.5. The molecule has 0 saturated heterocycles. The van der Waals surface area contributed by atoms with Crippen LogP contribution >= 0.6 is 0 Å². The van der Waals surface area contributed by atoms with Gasteiger partial charge in [-0.25, -0.2) is 0 Å². The maximum absolute atomic E-state index is 3.28. The lowest BCUT2D eigenvalue weighted by Gasteiger charge is -2.12. The van der Waals surface area contributed by atoms with Crippen LogP contribution in [-0.4, -0.2) is 39.3 Å². The molecule has 0 unspecified atom stereocenters. The number of hydrogen-bond donors (Lipinski definition) is 2. The Bertz CT molecular complexity index is 152. The molecule has 0 aliphatic rings. The minimum Gasteiger partial charge on any atom is -0.325 e. The van der Waals surface area contributed by atoms with Crippen molar-refractivity contribution < 1.29 is 9.80 Å². The van der Waals surface area contributed by atoms with Gasteiger partial charge in [0.1, 0.15) is 13.1 Å². The number of rotatable bonds is 6. The molecule has 0 amide bonds. The monoisotopic (exact) mass is 198 g/mol. The van der Waals surface area contributed by atoms with E-state index in [0.29, 0.717) is 0 Å². The molecular weight excluding hydrogens is 172 g/mol. The van der Waals surface area contributed by atoms with Gasteiger partial charge in [0, 0.05) is 0 Å². The van der Waals surface area contributed by atoms with Gasteiger partial charge in [-0.05, 0) is 39.5 Å². The van der Waals surface area contributed by atoms with Crippen molar-refractivity contribution >= 4 is 0 Å². The summed E-state index contributed by atoms with van der Waals surface area (Å²) < 4.78 is 0. The van der Waals surface area contributed by atoms with Gasteiger partial charge < -0.3 is 9.80 Å². The Hall–Kier alpha value is -0.520. The van der Waals surface area contributed by atoms with E-state index in [0.717, 1.165) is 13.1 Å². The van der Waals surface area contributed by atoms with E-state index in [9.17, 15) is 0 Å². The van der Waals surface area contributed by atoms with E-state index in [1.807, 2.05) is 0 Å². The Morgan fingerprint density at radius 2 is 0.929 bits per heavy atom. The molecule has 0 saturated carbocycles. The molecule has 0 rings (SSSR count). The quantitative estimate of drug-likeness (QED) is 0.498. The lowest BCUT2D eigenvalue weighted by molar-refractivity contribution is -0.890. The molecule has 0 radical (unpaired) electrons. The zero-order valence-electron chi connectivity index (χ0n) is 10.2. The normalized spacial score (nSPS) is 10.4. The van der Waals surface area contributed by atoms with Crippen LogP contribution in [0.3, 0.4) is 0 Å². The van der Waals surface area contributed by atoms with Gasteiger partial charge in [0.2, 0.25) is 0 Å². The van der Waals surface area contributed by atoms with E-state index in [4.69, 9.17) is 0 Å². The van der Waals surface area contributed by atoms with Gasteiger partial charge in [0.15, 0.2) is 0 Å². The van der Waals surface area contributed by atoms with Crippen LogP contribution in [0.25, 0.3) is 0 Å². The molecule has 2 N–H and O–H groups in total. The molecule has 0 fully saturated rings. The summed E-state index contributed by atoms with van der Waals surface area (Å²) in [5, 5.41) is 0. The molecule has 0 spiro atoms. The fraction of sp³-hybridized carbons (Fsp3) is 0.833. The predicted octanol–water partition coefficient (Wildman–Crippen LogP) is -1.16. The highest BCUT2D eigenvalue weighted by molar-refractivity contribution is 4.98. The molecule has 2 nitrogen and oxygen atoms in total. The number of hydrogen-bond acceptors (Lipinski definition) is 0. The van der Waals surface area contributed by atoms with Crippen LogP contribution in [0.15, 0.2) is 0 Å². The first-order valence-corrected chi connectivity index (χ1v) is 5.91. The minimum absolute atomic E-state index is 1.01. The summed E-state index contributed by atoms with van der Waals surface area (Å²) in [5.74, 6) is 6.56. The third-order valence-electron chi connectivity index (χ3n) is 2.80. The summed E-state index contributed by atoms with van der Waals surface area (Å²) >= 11 is 0. The van der Waals surface area contributed by atoms with E-state index >= 15 is 0 Å². The Labute approximate surface area is 89.3 Å². The van der Waals surface area contributed by atoms with Crippen LogP contribution in [0.4, 0.5) is 0 Å². The average molecular weight is 198 g/mol. The van der Waals surface area contributed by atoms with E-state index in [2.05, 4.69) is 39.5 Å². The van der Waals surface area contributed by atoms with E-state index in [-0.39, 0.29) is 0 Å². The van der Waals surface area contributed by atoms with Crippen molar-refractivity contribution in [1.29, 1.82) is 0 Å². The largest absolute Gasteiger partial charge is 0.325 e. The van der Waals surface area contributed by atoms with Crippen LogP contribution in [0.1, 0.15) is 27.7 Å². The maximum atomic E-state index is 3.28. The molecule has 0 aromatic heterocycles. The van der Waals surface area contributed by atoms with Gasteiger partial charge in [-0.2, -0.15) is 0 Å². The van der Waals surface area contributed by atoms with Gasteiger partial charge >= 0.3 is 0 Å². The van der Waals surface area contributed by atoms with E-state index in [1.165, 1.54) is 26.2 Å². The van der Waals surface area contributed by atoms with Gasteiger partial charge in [-0.1, -0.05) is 0 Å². The highest BCUT2D eigenvalue weighted by atomic mass is 15.1. The molecule has 14 heavy (non-hydrogen) atoms. The second-order valence-electron chi connectivity index (χ2n) is 3.62. The summed E-state index contributed by atoms with van der Waals surface area (Å²) in [6.07, 6.45) is 0. The van der Waals surface area contributed by atoms with Crippen LogP contribution in [-0.2, 0) is 0 Å². The molecule has 82 valence electrons. The first-order valence-electron chi connectivity index (χ1n) is 5.91. The zero-order valence-corrected chi connectivity index (χ0v) is 10.2. The smallest absolute Gasteiger partial charge is 0.139 e. The second-order valence-corrected chi connectivity index (χ2v) is 3.62. The van der Waals surface area contributed by atoms with Gasteiger partial charge in [-0.15, -0.1) is 0 Å². The summed E-state index contributed by atoms with van der Waals surface area (Å²) in [6.45, 7) is 15.6. The van der Waals surface area contributed by atoms with Crippen LogP contribution in [0.5, 0.6) is 0 Å². The molecule has 2 heteroatoms. The summed E-state index contributed by atoms with van der Waals surface area (Å²) in [6, 6.07) is 0. The third-order valence-corrected chi connectivity index (χ3v) is 2.80. The molecule has 0 heterocycles. The topological polar surface area (TPSA) is 8.88 Å². The standard InChI is InChI=1S/C12H24N2/c1-5-13(6-2)11-9-10-12-14(7-3)8-4/h5-8,11-12H2,1-4H3/p+2. The SMILES string of the molecule is CC[NH+](CC)CC#CC[NH+](CC)CC. The Morgan fingerprint density at radius 3 is 1.14 bits per heavy atom. The van der Waals surface area contributed by atoms with Crippen molar-refractivity contribution in [3.8, 4) is 11.8 Å².